The van der Waals surface area contributed by atoms with Crippen molar-refractivity contribution in [3.8, 4) is 17.0 Å². The summed E-state index contributed by atoms with van der Waals surface area (Å²) in [5.74, 6) is 2.01. The Morgan fingerprint density at radius 1 is 1.43 bits per heavy atom. The number of anilines is 1. The maximum absolute atomic E-state index is 12.2. The largest absolute Gasteiger partial charge is 0.488 e. The van der Waals surface area contributed by atoms with Crippen molar-refractivity contribution in [2.24, 2.45) is 18.9 Å². The molecule has 1 aliphatic carbocycles. The average Bonchev–Trinajstić information content (AvgIpc) is 3.06. The Labute approximate surface area is 162 Å². The van der Waals surface area contributed by atoms with E-state index in [1.807, 2.05) is 36.1 Å². The highest BCUT2D eigenvalue weighted by atomic mass is 16.5. The van der Waals surface area contributed by atoms with E-state index >= 15 is 0 Å². The molecule has 3 atom stereocenters. The molecule has 5 rings (SSSR count). The minimum Gasteiger partial charge on any atom is -0.488 e. The van der Waals surface area contributed by atoms with Crippen LogP contribution in [0.25, 0.3) is 16.8 Å². The summed E-state index contributed by atoms with van der Waals surface area (Å²) in [6, 6.07) is 6.34. The Morgan fingerprint density at radius 3 is 2.96 bits per heavy atom. The quantitative estimate of drug-likeness (QED) is 0.684. The topological polar surface area (TPSA) is 85.5 Å². The van der Waals surface area contributed by atoms with Gasteiger partial charge in [-0.1, -0.05) is 6.92 Å². The molecule has 0 aromatic carbocycles. The molecule has 146 valence electrons. The number of aromatic nitrogens is 4. The lowest BCUT2D eigenvalue weighted by Gasteiger charge is -2.27. The second-order valence-corrected chi connectivity index (χ2v) is 7.85. The van der Waals surface area contributed by atoms with Gasteiger partial charge < -0.3 is 15.4 Å². The van der Waals surface area contributed by atoms with Crippen LogP contribution in [0.15, 0.2) is 30.6 Å². The van der Waals surface area contributed by atoms with E-state index in [4.69, 9.17) is 4.74 Å². The van der Waals surface area contributed by atoms with Crippen LogP contribution in [0.1, 0.15) is 19.8 Å². The van der Waals surface area contributed by atoms with E-state index in [0.29, 0.717) is 24.4 Å². The Bertz CT molecular complexity index is 1030. The van der Waals surface area contributed by atoms with Crippen LogP contribution in [-0.2, 0) is 11.8 Å². The van der Waals surface area contributed by atoms with Gasteiger partial charge in [-0.15, -0.1) is 0 Å². The van der Waals surface area contributed by atoms with E-state index in [1.54, 1.807) is 10.7 Å². The van der Waals surface area contributed by atoms with Crippen molar-refractivity contribution in [3.05, 3.63) is 30.6 Å². The minimum atomic E-state index is 0.0584. The Hall–Kier alpha value is -2.87. The van der Waals surface area contributed by atoms with Crippen LogP contribution >= 0.6 is 0 Å². The molecule has 1 amide bonds. The summed E-state index contributed by atoms with van der Waals surface area (Å²) < 4.78 is 9.60. The van der Waals surface area contributed by atoms with Crippen LogP contribution in [0, 0.1) is 11.8 Å². The van der Waals surface area contributed by atoms with Gasteiger partial charge in [0.25, 0.3) is 0 Å². The summed E-state index contributed by atoms with van der Waals surface area (Å²) in [5.41, 5.74) is 2.84. The molecule has 4 heterocycles. The van der Waals surface area contributed by atoms with Crippen LogP contribution in [0.5, 0.6) is 5.75 Å². The first-order valence-corrected chi connectivity index (χ1v) is 9.77. The van der Waals surface area contributed by atoms with Gasteiger partial charge in [0.05, 0.1) is 11.7 Å². The molecule has 8 nitrogen and oxygen atoms in total. The first kappa shape index (κ1) is 17.2. The van der Waals surface area contributed by atoms with Crippen LogP contribution in [-0.4, -0.2) is 44.5 Å². The van der Waals surface area contributed by atoms with E-state index in [1.165, 1.54) is 0 Å². The van der Waals surface area contributed by atoms with Crippen molar-refractivity contribution >= 4 is 17.2 Å². The lowest BCUT2D eigenvalue weighted by Crippen LogP contribution is -2.46. The number of carbonyl (C=O) groups excluding carboxylic acids is 1. The number of hydrogen-bond acceptors (Lipinski definition) is 5. The van der Waals surface area contributed by atoms with Crippen LogP contribution in [0.2, 0.25) is 0 Å². The molecule has 0 radical (unpaired) electrons. The normalized spacial score (nSPS) is 23.4. The Balaban J connectivity index is 1.38. The molecule has 8 heteroatoms. The van der Waals surface area contributed by atoms with Gasteiger partial charge in [0.2, 0.25) is 5.91 Å². The lowest BCUT2D eigenvalue weighted by atomic mass is 10.1. The van der Waals surface area contributed by atoms with Gasteiger partial charge in [0.15, 0.2) is 11.6 Å². The molecule has 28 heavy (non-hydrogen) atoms. The van der Waals surface area contributed by atoms with Gasteiger partial charge in [-0.2, -0.15) is 10.2 Å². The number of aryl methyl sites for hydroxylation is 1. The number of carbonyl (C=O) groups is 1. The summed E-state index contributed by atoms with van der Waals surface area (Å²) in [6.07, 6.45) is 5.76. The second-order valence-electron chi connectivity index (χ2n) is 7.85. The first-order valence-electron chi connectivity index (χ1n) is 9.77. The van der Waals surface area contributed by atoms with Crippen molar-refractivity contribution in [1.29, 1.82) is 0 Å². The zero-order valence-electron chi connectivity index (χ0n) is 16.1. The number of nitrogens with zero attached hydrogens (tertiary/aromatic N) is 4. The number of rotatable bonds is 6. The lowest BCUT2D eigenvalue weighted by molar-refractivity contribution is -0.117. The molecule has 3 aromatic heterocycles. The van der Waals surface area contributed by atoms with Gasteiger partial charge in [0, 0.05) is 36.8 Å². The van der Waals surface area contributed by atoms with Gasteiger partial charge in [-0.05, 0) is 37.4 Å². The first-order chi connectivity index (χ1) is 13.6. The third-order valence-corrected chi connectivity index (χ3v) is 5.71. The summed E-state index contributed by atoms with van der Waals surface area (Å²) in [6.45, 7) is 3.79. The average molecular weight is 380 g/mol. The Kier molecular flexibility index (Phi) is 4.08. The number of amides is 1. The minimum absolute atomic E-state index is 0.0584. The van der Waals surface area contributed by atoms with E-state index in [0.717, 1.165) is 41.9 Å². The highest BCUT2D eigenvalue weighted by Gasteiger charge is 2.39. The van der Waals surface area contributed by atoms with Gasteiger partial charge >= 0.3 is 0 Å². The van der Waals surface area contributed by atoms with E-state index in [9.17, 15) is 4.79 Å². The fourth-order valence-electron chi connectivity index (χ4n) is 3.64. The molecule has 2 aliphatic rings. The molecule has 2 unspecified atom stereocenters. The van der Waals surface area contributed by atoms with Gasteiger partial charge in [0.1, 0.15) is 12.3 Å². The predicted octanol–water partition coefficient (Wildman–Crippen LogP) is 2.07. The summed E-state index contributed by atoms with van der Waals surface area (Å²) in [4.78, 5) is 12.2. The van der Waals surface area contributed by atoms with E-state index in [2.05, 4.69) is 27.8 Å². The number of pyridine rings is 1. The molecular weight excluding hydrogens is 356 g/mol. The van der Waals surface area contributed by atoms with E-state index in [-0.39, 0.29) is 11.8 Å². The van der Waals surface area contributed by atoms with Crippen molar-refractivity contribution in [2.75, 3.05) is 18.5 Å². The Morgan fingerprint density at radius 2 is 2.25 bits per heavy atom. The zero-order valence-corrected chi connectivity index (χ0v) is 16.1. The SMILES string of the molecule is CC1CC1C(=O)Nc1cc2cc(-c3c(OC[C@H]4CCN4)cnn3C)ccn2n1. The fourth-order valence-corrected chi connectivity index (χ4v) is 3.64. The number of nitrogens with one attached hydrogen (secondary N) is 2. The molecule has 2 fully saturated rings. The highest BCUT2D eigenvalue weighted by Crippen LogP contribution is 2.38. The molecule has 1 aliphatic heterocycles. The molecule has 1 saturated heterocycles. The smallest absolute Gasteiger partial charge is 0.228 e. The summed E-state index contributed by atoms with van der Waals surface area (Å²) in [5, 5.41) is 15.1. The van der Waals surface area contributed by atoms with E-state index < -0.39 is 0 Å². The monoisotopic (exact) mass is 380 g/mol. The van der Waals surface area contributed by atoms with Crippen molar-refractivity contribution < 1.29 is 9.53 Å². The highest BCUT2D eigenvalue weighted by molar-refractivity contribution is 5.94. The second kappa shape index (κ2) is 6.63. The van der Waals surface area contributed by atoms with Crippen LogP contribution in [0.3, 0.4) is 0 Å². The number of ether oxygens (including phenoxy) is 1. The standard InChI is InChI=1S/C20H24N6O2/c1-12-7-16(12)20(27)23-18-9-15-8-13(4-6-26(15)24-18)19-17(10-22-25(19)2)28-11-14-3-5-21-14/h4,6,8-10,12,14,16,21H,3,5,7,11H2,1-2H3,(H,23,24,27)/t12?,14-,16?/m1/s1. The third-order valence-electron chi connectivity index (χ3n) is 5.71. The van der Waals surface area contributed by atoms with Crippen LogP contribution in [0.4, 0.5) is 5.82 Å². The number of fused-ring (bicyclic) bond motifs is 1. The predicted molar refractivity (Wildman–Crippen MR) is 105 cm³/mol. The molecule has 0 bridgehead atoms. The fraction of sp³-hybridized carbons (Fsp3) is 0.450. The third kappa shape index (κ3) is 3.13. The summed E-state index contributed by atoms with van der Waals surface area (Å²) >= 11 is 0. The van der Waals surface area contributed by atoms with Crippen molar-refractivity contribution in [1.82, 2.24) is 24.7 Å². The van der Waals surface area contributed by atoms with Gasteiger partial charge in [-0.25, -0.2) is 4.52 Å². The van der Waals surface area contributed by atoms with Crippen molar-refractivity contribution in [2.45, 2.75) is 25.8 Å². The van der Waals surface area contributed by atoms with Crippen molar-refractivity contribution in [3.63, 3.8) is 0 Å². The maximum Gasteiger partial charge on any atom is 0.228 e. The molecule has 2 N–H and O–H groups in total. The molecule has 3 aromatic rings. The molecule has 1 saturated carbocycles. The maximum atomic E-state index is 12.2. The number of hydrogen-bond donors (Lipinski definition) is 2. The zero-order chi connectivity index (χ0) is 19.3. The molecular formula is C20H24N6O2. The van der Waals surface area contributed by atoms with Gasteiger partial charge in [-0.3, -0.25) is 9.48 Å². The summed E-state index contributed by atoms with van der Waals surface area (Å²) in [7, 11) is 1.91. The molecule has 0 spiro atoms. The van der Waals surface area contributed by atoms with Crippen LogP contribution < -0.4 is 15.4 Å².